The van der Waals surface area contributed by atoms with Crippen LogP contribution >= 0.6 is 0 Å². The fourth-order valence-corrected chi connectivity index (χ4v) is 3.57. The van der Waals surface area contributed by atoms with E-state index in [1.165, 1.54) is 5.52 Å². The molecule has 1 aromatic carbocycles. The lowest BCUT2D eigenvalue weighted by Gasteiger charge is -2.34. The van der Waals surface area contributed by atoms with E-state index < -0.39 is 6.04 Å². The molecule has 5 heteroatoms. The number of likely N-dealkylation sites (tertiary alicyclic amines) is 1. The van der Waals surface area contributed by atoms with Crippen LogP contribution < -0.4 is 5.73 Å². The highest BCUT2D eigenvalue weighted by molar-refractivity contribution is 5.81. The van der Waals surface area contributed by atoms with E-state index in [4.69, 9.17) is 10.7 Å². The Morgan fingerprint density at radius 2 is 2.04 bits per heavy atom. The van der Waals surface area contributed by atoms with Crippen LogP contribution in [0.2, 0.25) is 0 Å². The molecule has 1 aliphatic rings. The molecule has 2 N–H and O–H groups in total. The molecule has 0 aliphatic carbocycles. The molecule has 1 amide bonds. The molecule has 1 saturated heterocycles. The molecule has 0 bridgehead atoms. The number of amides is 1. The summed E-state index contributed by atoms with van der Waals surface area (Å²) < 4.78 is 2.32. The number of hydrogen-bond acceptors (Lipinski definition) is 3. The smallest absolute Gasteiger partial charge is 0.239 e. The molecule has 5 nitrogen and oxygen atoms in total. The van der Waals surface area contributed by atoms with E-state index in [0.717, 1.165) is 37.3 Å². The van der Waals surface area contributed by atoms with Crippen molar-refractivity contribution in [2.24, 2.45) is 5.73 Å². The van der Waals surface area contributed by atoms with Gasteiger partial charge in [0.05, 0.1) is 17.1 Å². The highest BCUT2D eigenvalue weighted by Crippen LogP contribution is 2.31. The first-order valence-electron chi connectivity index (χ1n) is 8.50. The van der Waals surface area contributed by atoms with Gasteiger partial charge in [-0.3, -0.25) is 4.79 Å². The van der Waals surface area contributed by atoms with E-state index in [2.05, 4.69) is 36.6 Å². The Bertz CT molecular complexity index is 704. The fraction of sp³-hybridized carbons (Fsp3) is 0.556. The van der Waals surface area contributed by atoms with Crippen LogP contribution in [0.4, 0.5) is 0 Å². The number of carbonyl (C=O) groups is 1. The summed E-state index contributed by atoms with van der Waals surface area (Å²) in [5.74, 6) is 1.42. The van der Waals surface area contributed by atoms with Crippen LogP contribution in [0.15, 0.2) is 24.3 Å². The third-order valence-electron chi connectivity index (χ3n) is 4.63. The minimum Gasteiger partial charge on any atom is -0.341 e. The van der Waals surface area contributed by atoms with Crippen molar-refractivity contribution >= 4 is 16.9 Å². The number of benzene rings is 1. The van der Waals surface area contributed by atoms with Crippen LogP contribution in [0.3, 0.4) is 0 Å². The first-order valence-corrected chi connectivity index (χ1v) is 8.50. The molecule has 23 heavy (non-hydrogen) atoms. The van der Waals surface area contributed by atoms with Gasteiger partial charge >= 0.3 is 0 Å². The summed E-state index contributed by atoms with van der Waals surface area (Å²) in [5, 5.41) is 0. The lowest BCUT2D eigenvalue weighted by molar-refractivity contribution is -0.133. The number of piperidine rings is 1. The average molecular weight is 314 g/mol. The molecule has 2 atom stereocenters. The number of fused-ring (bicyclic) bond motifs is 1. The van der Waals surface area contributed by atoms with Crippen LogP contribution in [0.5, 0.6) is 0 Å². The predicted octanol–water partition coefficient (Wildman–Crippen LogP) is 2.67. The standard InChI is InChI=1S/C18H26N4O/c1-12(2)22-16-9-5-4-8-15(16)20-17(22)14-7-6-10-21(11-14)18(23)13(3)19/h4-5,8-9,12-14H,6-7,10-11,19H2,1-3H3/t13-,14?/m1/s1. The van der Waals surface area contributed by atoms with Gasteiger partial charge in [0.25, 0.3) is 0 Å². The Morgan fingerprint density at radius 3 is 2.74 bits per heavy atom. The zero-order valence-corrected chi connectivity index (χ0v) is 14.2. The van der Waals surface area contributed by atoms with Crippen molar-refractivity contribution in [2.75, 3.05) is 13.1 Å². The summed E-state index contributed by atoms with van der Waals surface area (Å²) in [4.78, 5) is 19.0. The average Bonchev–Trinajstić information content (AvgIpc) is 2.93. The van der Waals surface area contributed by atoms with Crippen LogP contribution in [0, 0.1) is 0 Å². The van der Waals surface area contributed by atoms with Gasteiger partial charge in [-0.2, -0.15) is 0 Å². The van der Waals surface area contributed by atoms with Crippen molar-refractivity contribution < 1.29 is 4.79 Å². The summed E-state index contributed by atoms with van der Waals surface area (Å²) in [6.45, 7) is 7.65. The molecular formula is C18H26N4O. The quantitative estimate of drug-likeness (QED) is 0.947. The number of carbonyl (C=O) groups excluding carboxylic acids is 1. The number of aromatic nitrogens is 2. The molecule has 3 rings (SSSR count). The van der Waals surface area contributed by atoms with Crippen molar-refractivity contribution in [3.8, 4) is 0 Å². The van der Waals surface area contributed by atoms with E-state index in [9.17, 15) is 4.79 Å². The second kappa shape index (κ2) is 6.32. The van der Waals surface area contributed by atoms with Crippen LogP contribution in [-0.4, -0.2) is 39.5 Å². The Labute approximate surface area is 137 Å². The first-order chi connectivity index (χ1) is 11.0. The molecule has 1 fully saturated rings. The van der Waals surface area contributed by atoms with E-state index in [-0.39, 0.29) is 11.8 Å². The first kappa shape index (κ1) is 16.0. The fourth-order valence-electron chi connectivity index (χ4n) is 3.57. The molecular weight excluding hydrogens is 288 g/mol. The van der Waals surface area contributed by atoms with Gasteiger partial charge in [0.2, 0.25) is 5.91 Å². The van der Waals surface area contributed by atoms with Crippen molar-refractivity contribution in [3.63, 3.8) is 0 Å². The van der Waals surface area contributed by atoms with E-state index in [1.807, 2.05) is 11.0 Å². The van der Waals surface area contributed by atoms with Gasteiger partial charge in [-0.1, -0.05) is 12.1 Å². The van der Waals surface area contributed by atoms with Gasteiger partial charge in [0.15, 0.2) is 0 Å². The van der Waals surface area contributed by atoms with Crippen molar-refractivity contribution in [1.29, 1.82) is 0 Å². The summed E-state index contributed by atoms with van der Waals surface area (Å²) in [7, 11) is 0. The largest absolute Gasteiger partial charge is 0.341 e. The topological polar surface area (TPSA) is 64.2 Å². The van der Waals surface area contributed by atoms with Crippen LogP contribution in [-0.2, 0) is 4.79 Å². The highest BCUT2D eigenvalue weighted by Gasteiger charge is 2.30. The summed E-state index contributed by atoms with van der Waals surface area (Å²) in [5.41, 5.74) is 7.99. The van der Waals surface area contributed by atoms with E-state index in [0.29, 0.717) is 6.04 Å². The number of nitrogens with two attached hydrogens (primary N) is 1. The van der Waals surface area contributed by atoms with Gasteiger partial charge in [-0.15, -0.1) is 0 Å². The molecule has 1 unspecified atom stereocenters. The summed E-state index contributed by atoms with van der Waals surface area (Å²) in [6.07, 6.45) is 2.07. The zero-order valence-electron chi connectivity index (χ0n) is 14.2. The van der Waals surface area contributed by atoms with E-state index in [1.54, 1.807) is 6.92 Å². The van der Waals surface area contributed by atoms with Crippen molar-refractivity contribution in [3.05, 3.63) is 30.1 Å². The van der Waals surface area contributed by atoms with Gasteiger partial charge in [0.1, 0.15) is 5.82 Å². The lowest BCUT2D eigenvalue weighted by atomic mass is 9.96. The summed E-state index contributed by atoms with van der Waals surface area (Å²) in [6, 6.07) is 8.18. The Kier molecular flexibility index (Phi) is 4.39. The maximum atomic E-state index is 12.2. The van der Waals surface area contributed by atoms with E-state index >= 15 is 0 Å². The molecule has 0 saturated carbocycles. The number of nitrogens with zero attached hydrogens (tertiary/aromatic N) is 3. The van der Waals surface area contributed by atoms with Gasteiger partial charge < -0.3 is 15.2 Å². The second-order valence-electron chi connectivity index (χ2n) is 6.83. The number of imidazole rings is 1. The monoisotopic (exact) mass is 314 g/mol. The van der Waals surface area contributed by atoms with Gasteiger partial charge in [0, 0.05) is 25.0 Å². The number of hydrogen-bond donors (Lipinski definition) is 1. The van der Waals surface area contributed by atoms with Crippen LogP contribution in [0.1, 0.15) is 51.4 Å². The SMILES string of the molecule is CC(C)n1c(C2CCCN(C(=O)[C@@H](C)N)C2)nc2ccccc21. The third-order valence-corrected chi connectivity index (χ3v) is 4.63. The molecule has 124 valence electrons. The maximum absolute atomic E-state index is 12.2. The third kappa shape index (κ3) is 2.98. The Hall–Kier alpha value is -1.88. The number of para-hydroxylation sites is 2. The van der Waals surface area contributed by atoms with Gasteiger partial charge in [-0.05, 0) is 45.7 Å². The van der Waals surface area contributed by atoms with Crippen molar-refractivity contribution in [1.82, 2.24) is 14.5 Å². The molecule has 2 heterocycles. The molecule has 0 spiro atoms. The zero-order chi connectivity index (χ0) is 16.6. The minimum atomic E-state index is -0.433. The molecule has 1 aliphatic heterocycles. The predicted molar refractivity (Wildman–Crippen MR) is 92.3 cm³/mol. The minimum absolute atomic E-state index is 0.0434. The van der Waals surface area contributed by atoms with Crippen LogP contribution in [0.25, 0.3) is 11.0 Å². The lowest BCUT2D eigenvalue weighted by Crippen LogP contribution is -2.46. The Balaban J connectivity index is 1.96. The number of rotatable bonds is 3. The molecule has 1 aromatic heterocycles. The normalized spacial score (nSPS) is 20.2. The highest BCUT2D eigenvalue weighted by atomic mass is 16.2. The maximum Gasteiger partial charge on any atom is 0.239 e. The Morgan fingerprint density at radius 1 is 1.30 bits per heavy atom. The summed E-state index contributed by atoms with van der Waals surface area (Å²) >= 11 is 0. The van der Waals surface area contributed by atoms with Crippen molar-refractivity contribution in [2.45, 2.75) is 51.6 Å². The molecule has 2 aromatic rings. The second-order valence-corrected chi connectivity index (χ2v) is 6.83. The van der Waals surface area contributed by atoms with Gasteiger partial charge in [-0.25, -0.2) is 4.98 Å². The molecule has 0 radical (unpaired) electrons.